The van der Waals surface area contributed by atoms with Crippen molar-refractivity contribution in [3.8, 4) is 0 Å². The van der Waals surface area contributed by atoms with Gasteiger partial charge in [0, 0.05) is 0 Å². The molecule has 0 radical (unpaired) electrons. The number of carbonyl (C=O) groups is 2. The molecule has 2 aromatic carbocycles. The number of alkyl halides is 3. The third-order valence-corrected chi connectivity index (χ3v) is 2.48. The Morgan fingerprint density at radius 2 is 1.14 bits per heavy atom. The van der Waals surface area contributed by atoms with E-state index >= 15 is 0 Å². The second kappa shape index (κ2) is 7.26. The van der Waals surface area contributed by atoms with Crippen LogP contribution in [0.5, 0.6) is 0 Å². The summed E-state index contributed by atoms with van der Waals surface area (Å²) in [7, 11) is 0. The van der Waals surface area contributed by atoms with Crippen LogP contribution in [0.1, 0.15) is 26.3 Å². The maximum absolute atomic E-state index is 12.0. The number of hydrogen-bond donors (Lipinski definition) is 2. The molecule has 2 N–H and O–H groups in total. The Balaban J connectivity index is 0.000000235. The molecule has 0 atom stereocenters. The van der Waals surface area contributed by atoms with Gasteiger partial charge in [-0.15, -0.1) is 0 Å². The van der Waals surface area contributed by atoms with Crippen molar-refractivity contribution in [3.63, 3.8) is 0 Å². The van der Waals surface area contributed by atoms with Gasteiger partial charge in [0.15, 0.2) is 0 Å². The molecule has 2 aromatic rings. The van der Waals surface area contributed by atoms with Gasteiger partial charge < -0.3 is 10.2 Å². The summed E-state index contributed by atoms with van der Waals surface area (Å²) in [5.74, 6) is -2.12. The van der Waals surface area contributed by atoms with E-state index in [-0.39, 0.29) is 5.56 Å². The van der Waals surface area contributed by atoms with Gasteiger partial charge in [-0.05, 0) is 36.4 Å². The fraction of sp³-hybridized carbons (Fsp3) is 0.0667. The highest BCUT2D eigenvalue weighted by molar-refractivity contribution is 5.87. The lowest BCUT2D eigenvalue weighted by atomic mass is 10.1. The molecule has 2 rings (SSSR count). The van der Waals surface area contributed by atoms with Crippen molar-refractivity contribution >= 4 is 11.9 Å². The molecular weight excluding hydrogens is 301 g/mol. The van der Waals surface area contributed by atoms with Gasteiger partial charge in [0.25, 0.3) is 0 Å². The van der Waals surface area contributed by atoms with Crippen LogP contribution in [0.25, 0.3) is 0 Å². The lowest BCUT2D eigenvalue weighted by molar-refractivity contribution is -0.137. The second-order valence-electron chi connectivity index (χ2n) is 4.05. The van der Waals surface area contributed by atoms with Crippen LogP contribution >= 0.6 is 0 Å². The lowest BCUT2D eigenvalue weighted by Crippen LogP contribution is -2.05. The van der Waals surface area contributed by atoms with E-state index in [2.05, 4.69) is 0 Å². The van der Waals surface area contributed by atoms with Crippen LogP contribution in [-0.2, 0) is 6.18 Å². The van der Waals surface area contributed by atoms with E-state index in [1.807, 2.05) is 0 Å². The average molecular weight is 312 g/mol. The third-order valence-electron chi connectivity index (χ3n) is 2.48. The SMILES string of the molecule is O=C(O)c1ccc(C(F)(F)F)cc1.O=C(O)c1ccccc1. The van der Waals surface area contributed by atoms with Crippen molar-refractivity contribution < 1.29 is 33.0 Å². The summed E-state index contributed by atoms with van der Waals surface area (Å²) in [5, 5.41) is 16.8. The van der Waals surface area contributed by atoms with Crippen LogP contribution in [0.2, 0.25) is 0 Å². The first-order valence-electron chi connectivity index (χ1n) is 5.90. The topological polar surface area (TPSA) is 74.6 Å². The molecule has 0 amide bonds. The molecule has 7 heteroatoms. The third kappa shape index (κ3) is 5.28. The Bertz CT molecular complexity index is 634. The molecule has 0 aliphatic rings. The van der Waals surface area contributed by atoms with E-state index in [0.717, 1.165) is 24.3 Å². The molecule has 4 nitrogen and oxygen atoms in total. The highest BCUT2D eigenvalue weighted by atomic mass is 19.4. The van der Waals surface area contributed by atoms with Crippen LogP contribution in [-0.4, -0.2) is 22.2 Å². The van der Waals surface area contributed by atoms with Crippen molar-refractivity contribution in [2.45, 2.75) is 6.18 Å². The standard InChI is InChI=1S/C8H5F3O2.C7H6O2/c9-8(10,11)6-3-1-5(2-4-6)7(12)13;8-7(9)6-4-2-1-3-5-6/h1-4H,(H,12,13);1-5H,(H,8,9). The molecule has 0 bridgehead atoms. The number of carboxylic acid groups (broad SMARTS) is 2. The normalized spacial score (nSPS) is 10.3. The van der Waals surface area contributed by atoms with Crippen LogP contribution in [0.3, 0.4) is 0 Å². The maximum Gasteiger partial charge on any atom is 0.416 e. The van der Waals surface area contributed by atoms with E-state index in [0.29, 0.717) is 5.56 Å². The summed E-state index contributed by atoms with van der Waals surface area (Å²) in [4.78, 5) is 20.5. The summed E-state index contributed by atoms with van der Waals surface area (Å²) in [6, 6.07) is 11.6. The molecule has 0 heterocycles. The smallest absolute Gasteiger partial charge is 0.416 e. The van der Waals surface area contributed by atoms with Crippen LogP contribution in [0.4, 0.5) is 13.2 Å². The van der Waals surface area contributed by atoms with Crippen LogP contribution in [0, 0.1) is 0 Å². The first kappa shape index (κ1) is 17.2. The molecule has 0 saturated carbocycles. The zero-order chi connectivity index (χ0) is 16.8. The van der Waals surface area contributed by atoms with Crippen molar-refractivity contribution in [1.82, 2.24) is 0 Å². The second-order valence-corrected chi connectivity index (χ2v) is 4.05. The number of halogens is 3. The Hall–Kier alpha value is -2.83. The Kier molecular flexibility index (Phi) is 5.68. The highest BCUT2D eigenvalue weighted by Crippen LogP contribution is 2.28. The maximum atomic E-state index is 12.0. The average Bonchev–Trinajstić information content (AvgIpc) is 2.48. The van der Waals surface area contributed by atoms with Gasteiger partial charge in [-0.2, -0.15) is 13.2 Å². The van der Waals surface area contributed by atoms with Gasteiger partial charge in [-0.1, -0.05) is 18.2 Å². The number of aromatic carboxylic acids is 2. The monoisotopic (exact) mass is 312 g/mol. The first-order valence-corrected chi connectivity index (χ1v) is 5.90. The van der Waals surface area contributed by atoms with E-state index < -0.39 is 23.7 Å². The van der Waals surface area contributed by atoms with Crippen molar-refractivity contribution in [2.24, 2.45) is 0 Å². The van der Waals surface area contributed by atoms with Gasteiger partial charge in [0.1, 0.15) is 0 Å². The fourth-order valence-electron chi connectivity index (χ4n) is 1.38. The number of rotatable bonds is 2. The molecule has 0 aliphatic carbocycles. The molecule has 0 aromatic heterocycles. The van der Waals surface area contributed by atoms with Gasteiger partial charge in [-0.3, -0.25) is 0 Å². The minimum absolute atomic E-state index is 0.159. The van der Waals surface area contributed by atoms with Crippen LogP contribution in [0.15, 0.2) is 54.6 Å². The zero-order valence-electron chi connectivity index (χ0n) is 11.0. The molecule has 0 unspecified atom stereocenters. The highest BCUT2D eigenvalue weighted by Gasteiger charge is 2.30. The van der Waals surface area contributed by atoms with Gasteiger partial charge in [0.05, 0.1) is 16.7 Å². The van der Waals surface area contributed by atoms with Gasteiger partial charge >= 0.3 is 18.1 Å². The Labute approximate surface area is 123 Å². The molecule has 0 saturated heterocycles. The summed E-state index contributed by atoms with van der Waals surface area (Å²) >= 11 is 0. The van der Waals surface area contributed by atoms with Gasteiger partial charge in [-0.25, -0.2) is 9.59 Å². The lowest BCUT2D eigenvalue weighted by Gasteiger charge is -2.05. The van der Waals surface area contributed by atoms with Crippen molar-refractivity contribution in [1.29, 1.82) is 0 Å². The summed E-state index contributed by atoms with van der Waals surface area (Å²) in [6.07, 6.45) is -4.42. The number of hydrogen-bond acceptors (Lipinski definition) is 2. The van der Waals surface area contributed by atoms with E-state index in [9.17, 15) is 22.8 Å². The molecule has 0 aliphatic heterocycles. The number of carboxylic acids is 2. The predicted molar refractivity (Wildman–Crippen MR) is 71.8 cm³/mol. The van der Waals surface area contributed by atoms with E-state index in [4.69, 9.17) is 10.2 Å². The first-order chi connectivity index (χ1) is 10.2. The van der Waals surface area contributed by atoms with Crippen LogP contribution < -0.4 is 0 Å². The Morgan fingerprint density at radius 1 is 0.727 bits per heavy atom. The molecular formula is C15H11F3O4. The quantitative estimate of drug-likeness (QED) is 0.884. The minimum atomic E-state index is -4.42. The molecule has 0 spiro atoms. The summed E-state index contributed by atoms with van der Waals surface area (Å²) in [5.41, 5.74) is -0.678. The predicted octanol–water partition coefficient (Wildman–Crippen LogP) is 3.79. The zero-order valence-corrected chi connectivity index (χ0v) is 11.0. The van der Waals surface area contributed by atoms with Crippen molar-refractivity contribution in [3.05, 3.63) is 71.3 Å². The van der Waals surface area contributed by atoms with Gasteiger partial charge in [0.2, 0.25) is 0 Å². The van der Waals surface area contributed by atoms with Crippen molar-refractivity contribution in [2.75, 3.05) is 0 Å². The van der Waals surface area contributed by atoms with E-state index in [1.165, 1.54) is 0 Å². The molecule has 22 heavy (non-hydrogen) atoms. The fourth-order valence-corrected chi connectivity index (χ4v) is 1.38. The summed E-state index contributed by atoms with van der Waals surface area (Å²) in [6.45, 7) is 0. The number of benzene rings is 2. The molecule has 116 valence electrons. The largest absolute Gasteiger partial charge is 0.478 e. The Morgan fingerprint density at radius 3 is 1.45 bits per heavy atom. The summed E-state index contributed by atoms with van der Waals surface area (Å²) < 4.78 is 35.9. The molecule has 0 fully saturated rings. The minimum Gasteiger partial charge on any atom is -0.478 e. The van der Waals surface area contributed by atoms with E-state index in [1.54, 1.807) is 30.3 Å².